The van der Waals surface area contributed by atoms with E-state index in [0.717, 1.165) is 25.9 Å². The molecule has 0 radical (unpaired) electrons. The van der Waals surface area contributed by atoms with Gasteiger partial charge in [-0.1, -0.05) is 0 Å². The van der Waals surface area contributed by atoms with Crippen LogP contribution in [0.1, 0.15) is 23.2 Å². The van der Waals surface area contributed by atoms with Crippen LogP contribution in [0.3, 0.4) is 0 Å². The van der Waals surface area contributed by atoms with E-state index < -0.39 is 5.97 Å². The molecule has 2 heterocycles. The standard InChI is InChI=1S/C20H23N5O4/c1-29-17(26)13-23-18(27)14-3-5-16(6-4-14)24-19(28)15-7-11-25(12-8-15)20-21-9-2-10-22-20/h2-6,9-10,15H,7-8,11-13H2,1H3,(H,23,27)(H,24,28). The first-order valence-electron chi connectivity index (χ1n) is 9.34. The number of rotatable bonds is 6. The molecule has 0 bridgehead atoms. The van der Waals surface area contributed by atoms with Gasteiger partial charge in [-0.15, -0.1) is 0 Å². The summed E-state index contributed by atoms with van der Waals surface area (Å²) in [6.07, 6.45) is 4.86. The summed E-state index contributed by atoms with van der Waals surface area (Å²) in [6.45, 7) is 1.25. The highest BCUT2D eigenvalue weighted by Crippen LogP contribution is 2.22. The fourth-order valence-electron chi connectivity index (χ4n) is 3.07. The van der Waals surface area contributed by atoms with E-state index in [-0.39, 0.29) is 24.3 Å². The minimum Gasteiger partial charge on any atom is -0.468 e. The number of methoxy groups -OCH3 is 1. The molecule has 1 aliphatic heterocycles. The van der Waals surface area contributed by atoms with Gasteiger partial charge in [0.15, 0.2) is 0 Å². The summed E-state index contributed by atoms with van der Waals surface area (Å²) in [5.41, 5.74) is 1.01. The quantitative estimate of drug-likeness (QED) is 0.705. The predicted octanol–water partition coefficient (Wildman–Crippen LogP) is 1.23. The zero-order valence-electron chi connectivity index (χ0n) is 16.1. The van der Waals surface area contributed by atoms with Gasteiger partial charge in [-0.05, 0) is 43.2 Å². The predicted molar refractivity (Wildman–Crippen MR) is 106 cm³/mol. The summed E-state index contributed by atoms with van der Waals surface area (Å²) in [5, 5.41) is 5.36. The number of piperidine rings is 1. The van der Waals surface area contributed by atoms with E-state index in [4.69, 9.17) is 0 Å². The lowest BCUT2D eigenvalue weighted by Crippen LogP contribution is -2.39. The molecule has 2 aromatic rings. The van der Waals surface area contributed by atoms with Gasteiger partial charge in [0.2, 0.25) is 11.9 Å². The normalized spacial score (nSPS) is 14.2. The summed E-state index contributed by atoms with van der Waals surface area (Å²) >= 11 is 0. The Morgan fingerprint density at radius 1 is 1.10 bits per heavy atom. The molecule has 0 saturated carbocycles. The molecule has 1 fully saturated rings. The molecule has 3 rings (SSSR count). The first kappa shape index (κ1) is 20.2. The van der Waals surface area contributed by atoms with Crippen LogP contribution in [0, 0.1) is 5.92 Å². The number of aromatic nitrogens is 2. The number of nitrogens with zero attached hydrogens (tertiary/aromatic N) is 3. The molecule has 29 heavy (non-hydrogen) atoms. The molecule has 1 saturated heterocycles. The SMILES string of the molecule is COC(=O)CNC(=O)c1ccc(NC(=O)C2CCN(c3ncccn3)CC2)cc1. The van der Waals surface area contributed by atoms with Crippen molar-refractivity contribution in [1.82, 2.24) is 15.3 Å². The lowest BCUT2D eigenvalue weighted by atomic mass is 9.96. The number of esters is 1. The summed E-state index contributed by atoms with van der Waals surface area (Å²) in [6, 6.07) is 8.29. The lowest BCUT2D eigenvalue weighted by Gasteiger charge is -2.31. The molecule has 0 unspecified atom stereocenters. The van der Waals surface area contributed by atoms with E-state index in [0.29, 0.717) is 17.2 Å². The minimum atomic E-state index is -0.521. The van der Waals surface area contributed by atoms with Crippen LogP contribution in [0.25, 0.3) is 0 Å². The number of nitrogens with one attached hydrogen (secondary N) is 2. The summed E-state index contributed by atoms with van der Waals surface area (Å²) in [4.78, 5) is 46.2. The van der Waals surface area contributed by atoms with Crippen molar-refractivity contribution in [2.75, 3.05) is 37.0 Å². The van der Waals surface area contributed by atoms with Crippen molar-refractivity contribution in [1.29, 1.82) is 0 Å². The van der Waals surface area contributed by atoms with Crippen LogP contribution >= 0.6 is 0 Å². The fourth-order valence-corrected chi connectivity index (χ4v) is 3.07. The number of anilines is 2. The number of amides is 2. The Labute approximate surface area is 168 Å². The van der Waals surface area contributed by atoms with Crippen molar-refractivity contribution in [3.8, 4) is 0 Å². The van der Waals surface area contributed by atoms with Gasteiger partial charge < -0.3 is 20.3 Å². The van der Waals surface area contributed by atoms with Crippen molar-refractivity contribution < 1.29 is 19.1 Å². The lowest BCUT2D eigenvalue weighted by molar-refractivity contribution is -0.139. The van der Waals surface area contributed by atoms with Gasteiger partial charge in [-0.25, -0.2) is 9.97 Å². The molecule has 9 nitrogen and oxygen atoms in total. The van der Waals surface area contributed by atoms with Gasteiger partial charge in [0, 0.05) is 42.7 Å². The number of hydrogen-bond acceptors (Lipinski definition) is 7. The van der Waals surface area contributed by atoms with Crippen LogP contribution < -0.4 is 15.5 Å². The highest BCUT2D eigenvalue weighted by Gasteiger charge is 2.26. The van der Waals surface area contributed by atoms with Crippen LogP contribution in [-0.2, 0) is 14.3 Å². The zero-order chi connectivity index (χ0) is 20.6. The monoisotopic (exact) mass is 397 g/mol. The van der Waals surface area contributed by atoms with Crippen LogP contribution in [0.15, 0.2) is 42.7 Å². The van der Waals surface area contributed by atoms with Gasteiger partial charge in [-0.3, -0.25) is 14.4 Å². The summed E-state index contributed by atoms with van der Waals surface area (Å²) in [7, 11) is 1.26. The third-order valence-corrected chi connectivity index (χ3v) is 4.74. The Kier molecular flexibility index (Phi) is 6.72. The summed E-state index contributed by atoms with van der Waals surface area (Å²) < 4.78 is 4.48. The fraction of sp³-hybridized carbons (Fsp3) is 0.350. The molecule has 9 heteroatoms. The molecule has 1 aromatic carbocycles. The number of carbonyl (C=O) groups is 3. The molecule has 0 spiro atoms. The van der Waals surface area contributed by atoms with Crippen molar-refractivity contribution in [2.45, 2.75) is 12.8 Å². The van der Waals surface area contributed by atoms with Crippen molar-refractivity contribution in [3.63, 3.8) is 0 Å². The number of hydrogen-bond donors (Lipinski definition) is 2. The second-order valence-electron chi connectivity index (χ2n) is 6.64. The maximum Gasteiger partial charge on any atom is 0.325 e. The Balaban J connectivity index is 1.48. The molecule has 2 N–H and O–H groups in total. The van der Waals surface area contributed by atoms with E-state index in [2.05, 4.69) is 30.2 Å². The molecular weight excluding hydrogens is 374 g/mol. The van der Waals surface area contributed by atoms with E-state index in [1.54, 1.807) is 42.7 Å². The van der Waals surface area contributed by atoms with Gasteiger partial charge in [0.1, 0.15) is 6.54 Å². The molecule has 152 valence electrons. The van der Waals surface area contributed by atoms with Crippen molar-refractivity contribution in [3.05, 3.63) is 48.3 Å². The van der Waals surface area contributed by atoms with Crippen molar-refractivity contribution >= 4 is 29.4 Å². The van der Waals surface area contributed by atoms with Gasteiger partial charge in [-0.2, -0.15) is 0 Å². The Bertz CT molecular complexity index is 849. The molecule has 0 atom stereocenters. The first-order valence-corrected chi connectivity index (χ1v) is 9.34. The average molecular weight is 397 g/mol. The maximum atomic E-state index is 12.5. The molecule has 0 aliphatic carbocycles. The van der Waals surface area contributed by atoms with E-state index in [1.165, 1.54) is 7.11 Å². The zero-order valence-corrected chi connectivity index (χ0v) is 16.1. The second kappa shape index (κ2) is 9.63. The number of carbonyl (C=O) groups excluding carboxylic acids is 3. The highest BCUT2D eigenvalue weighted by atomic mass is 16.5. The highest BCUT2D eigenvalue weighted by molar-refractivity contribution is 5.97. The van der Waals surface area contributed by atoms with E-state index in [1.807, 2.05) is 0 Å². The molecule has 1 aromatic heterocycles. The van der Waals surface area contributed by atoms with Crippen LogP contribution in [-0.4, -0.2) is 54.5 Å². The number of benzene rings is 1. The molecular formula is C20H23N5O4. The van der Waals surface area contributed by atoms with Gasteiger partial charge in [0.25, 0.3) is 5.91 Å². The Morgan fingerprint density at radius 3 is 2.38 bits per heavy atom. The molecule has 1 aliphatic rings. The smallest absolute Gasteiger partial charge is 0.325 e. The minimum absolute atomic E-state index is 0.0403. The number of ether oxygens (including phenoxy) is 1. The maximum absolute atomic E-state index is 12.5. The van der Waals surface area contributed by atoms with E-state index in [9.17, 15) is 14.4 Å². The summed E-state index contributed by atoms with van der Waals surface area (Å²) in [5.74, 6) is -0.345. The van der Waals surface area contributed by atoms with Crippen LogP contribution in [0.4, 0.5) is 11.6 Å². The Hall–Kier alpha value is -3.49. The second-order valence-corrected chi connectivity index (χ2v) is 6.64. The van der Waals surface area contributed by atoms with Crippen LogP contribution in [0.2, 0.25) is 0 Å². The molecule has 2 amide bonds. The third-order valence-electron chi connectivity index (χ3n) is 4.74. The topological polar surface area (TPSA) is 114 Å². The first-order chi connectivity index (χ1) is 14.1. The average Bonchev–Trinajstić information content (AvgIpc) is 2.78. The van der Waals surface area contributed by atoms with E-state index >= 15 is 0 Å². The van der Waals surface area contributed by atoms with Crippen LogP contribution in [0.5, 0.6) is 0 Å². The van der Waals surface area contributed by atoms with Gasteiger partial charge >= 0.3 is 5.97 Å². The van der Waals surface area contributed by atoms with Crippen molar-refractivity contribution in [2.24, 2.45) is 5.92 Å². The van der Waals surface area contributed by atoms with Gasteiger partial charge in [0.05, 0.1) is 7.11 Å². The largest absolute Gasteiger partial charge is 0.468 e. The Morgan fingerprint density at radius 2 is 1.76 bits per heavy atom. The third kappa shape index (κ3) is 5.50.